The zero-order valence-electron chi connectivity index (χ0n) is 8.36. The summed E-state index contributed by atoms with van der Waals surface area (Å²) in [6, 6.07) is 0. The summed E-state index contributed by atoms with van der Waals surface area (Å²) in [6.07, 6.45) is 1.66. The molecule has 6 nitrogen and oxygen atoms in total. The molecule has 0 radical (unpaired) electrons. The average Bonchev–Trinajstić information content (AvgIpc) is 2.46. The fourth-order valence-corrected chi connectivity index (χ4v) is 1.30. The number of hydrogen-bond donors (Lipinski definition) is 2. The first-order chi connectivity index (χ1) is 7.13. The van der Waals surface area contributed by atoms with Gasteiger partial charge in [-0.3, -0.25) is 9.48 Å². The van der Waals surface area contributed by atoms with Gasteiger partial charge in [-0.15, -0.1) is 0 Å². The van der Waals surface area contributed by atoms with E-state index in [1.807, 2.05) is 0 Å². The van der Waals surface area contributed by atoms with Crippen LogP contribution in [0.2, 0.25) is 0 Å². The highest BCUT2D eigenvalue weighted by Gasteiger charge is 2.06. The molecule has 3 N–H and O–H groups in total. The van der Waals surface area contributed by atoms with Crippen molar-refractivity contribution in [1.29, 1.82) is 0 Å². The second kappa shape index (κ2) is 5.72. The third-order valence-electron chi connectivity index (χ3n) is 1.68. The summed E-state index contributed by atoms with van der Waals surface area (Å²) in [5, 5.41) is 6.61. The van der Waals surface area contributed by atoms with Gasteiger partial charge in [-0.25, -0.2) is 0 Å². The third-order valence-corrected chi connectivity index (χ3v) is 2.29. The number of rotatable bonds is 5. The lowest BCUT2D eigenvalue weighted by molar-refractivity contribution is -0.122. The zero-order valence-corrected chi connectivity index (χ0v) is 9.95. The molecule has 0 aromatic carbocycles. The van der Waals surface area contributed by atoms with Crippen LogP contribution in [0.4, 0.5) is 5.82 Å². The lowest BCUT2D eigenvalue weighted by atomic mass is 10.5. The van der Waals surface area contributed by atoms with Gasteiger partial charge in [0.2, 0.25) is 5.91 Å². The number of methoxy groups -OCH3 is 1. The van der Waals surface area contributed by atoms with Crippen molar-refractivity contribution >= 4 is 27.7 Å². The highest BCUT2D eigenvalue weighted by atomic mass is 79.9. The van der Waals surface area contributed by atoms with Gasteiger partial charge >= 0.3 is 0 Å². The van der Waals surface area contributed by atoms with E-state index in [2.05, 4.69) is 26.3 Å². The van der Waals surface area contributed by atoms with E-state index in [1.54, 1.807) is 13.3 Å². The molecule has 0 fully saturated rings. The normalized spacial score (nSPS) is 10.3. The summed E-state index contributed by atoms with van der Waals surface area (Å²) in [5.74, 6) is 0.252. The van der Waals surface area contributed by atoms with Crippen LogP contribution in [0.3, 0.4) is 0 Å². The highest BCUT2D eigenvalue weighted by molar-refractivity contribution is 9.10. The average molecular weight is 277 g/mol. The van der Waals surface area contributed by atoms with Crippen molar-refractivity contribution in [1.82, 2.24) is 15.1 Å². The number of ether oxygens (including phenoxy) is 1. The smallest absolute Gasteiger partial charge is 0.241 e. The summed E-state index contributed by atoms with van der Waals surface area (Å²) in [4.78, 5) is 11.3. The molecule has 0 saturated heterocycles. The van der Waals surface area contributed by atoms with Gasteiger partial charge in [-0.05, 0) is 15.9 Å². The first-order valence-electron chi connectivity index (χ1n) is 4.37. The van der Waals surface area contributed by atoms with Crippen LogP contribution in [0, 0.1) is 0 Å². The number of nitrogens with zero attached hydrogens (tertiary/aromatic N) is 2. The molecule has 84 valence electrons. The number of hydrogen-bond acceptors (Lipinski definition) is 4. The Balaban J connectivity index is 2.37. The van der Waals surface area contributed by atoms with Crippen molar-refractivity contribution in [2.45, 2.75) is 6.54 Å². The monoisotopic (exact) mass is 276 g/mol. The Bertz CT molecular complexity index is 320. The first kappa shape index (κ1) is 12.0. The maximum absolute atomic E-state index is 11.3. The van der Waals surface area contributed by atoms with Gasteiger partial charge in [-0.1, -0.05) is 0 Å². The van der Waals surface area contributed by atoms with Crippen LogP contribution in [-0.2, 0) is 16.1 Å². The molecule has 0 atom stereocenters. The SMILES string of the molecule is COCCNC(=O)Cn1cc(Br)c(N)n1. The molecule has 0 unspecified atom stereocenters. The molecule has 1 aromatic heterocycles. The molecule has 15 heavy (non-hydrogen) atoms. The predicted molar refractivity (Wildman–Crippen MR) is 59.2 cm³/mol. The van der Waals surface area contributed by atoms with Crippen LogP contribution >= 0.6 is 15.9 Å². The molecule has 0 aliphatic rings. The van der Waals surface area contributed by atoms with E-state index in [0.717, 1.165) is 0 Å². The van der Waals surface area contributed by atoms with E-state index in [4.69, 9.17) is 10.5 Å². The molecule has 1 heterocycles. The minimum Gasteiger partial charge on any atom is -0.383 e. The number of carbonyl (C=O) groups is 1. The summed E-state index contributed by atoms with van der Waals surface area (Å²) < 4.78 is 6.96. The Hall–Kier alpha value is -1.08. The third kappa shape index (κ3) is 3.88. The Morgan fingerprint density at radius 2 is 2.53 bits per heavy atom. The number of aromatic nitrogens is 2. The van der Waals surface area contributed by atoms with Crippen molar-refractivity contribution in [2.75, 3.05) is 26.0 Å². The maximum atomic E-state index is 11.3. The molecule has 0 bridgehead atoms. The van der Waals surface area contributed by atoms with E-state index in [0.29, 0.717) is 23.4 Å². The van der Waals surface area contributed by atoms with E-state index < -0.39 is 0 Å². The maximum Gasteiger partial charge on any atom is 0.241 e. The number of nitrogens with two attached hydrogens (primary N) is 1. The summed E-state index contributed by atoms with van der Waals surface area (Å²) >= 11 is 3.21. The topological polar surface area (TPSA) is 82.2 Å². The molecule has 0 spiro atoms. The molecule has 0 saturated carbocycles. The molecular formula is C8H13BrN4O2. The molecular weight excluding hydrogens is 264 g/mol. The number of halogens is 1. The van der Waals surface area contributed by atoms with E-state index in [-0.39, 0.29) is 12.5 Å². The lowest BCUT2D eigenvalue weighted by Gasteiger charge is -2.03. The van der Waals surface area contributed by atoms with Crippen molar-refractivity contribution in [3.05, 3.63) is 10.7 Å². The number of amides is 1. The van der Waals surface area contributed by atoms with Crippen LogP contribution in [0.5, 0.6) is 0 Å². The second-order valence-electron chi connectivity index (χ2n) is 2.90. The molecule has 1 amide bonds. The Labute approximate surface area is 95.9 Å². The fourth-order valence-electron chi connectivity index (χ4n) is 0.989. The largest absolute Gasteiger partial charge is 0.383 e. The molecule has 0 aliphatic heterocycles. The van der Waals surface area contributed by atoms with Gasteiger partial charge in [0.1, 0.15) is 6.54 Å². The minimum atomic E-state index is -0.123. The van der Waals surface area contributed by atoms with Crippen LogP contribution in [-0.4, -0.2) is 35.9 Å². The minimum absolute atomic E-state index is 0.123. The summed E-state index contributed by atoms with van der Waals surface area (Å²) in [6.45, 7) is 1.14. The fraction of sp³-hybridized carbons (Fsp3) is 0.500. The van der Waals surface area contributed by atoms with Gasteiger partial charge < -0.3 is 15.8 Å². The molecule has 1 rings (SSSR count). The van der Waals surface area contributed by atoms with Gasteiger partial charge in [0, 0.05) is 19.9 Å². The number of anilines is 1. The van der Waals surface area contributed by atoms with Crippen molar-refractivity contribution in [2.24, 2.45) is 0 Å². The quantitative estimate of drug-likeness (QED) is 0.742. The van der Waals surface area contributed by atoms with Crippen LogP contribution in [0.25, 0.3) is 0 Å². The Morgan fingerprint density at radius 3 is 3.07 bits per heavy atom. The van der Waals surface area contributed by atoms with E-state index in [1.165, 1.54) is 4.68 Å². The molecule has 1 aromatic rings. The standard InChI is InChI=1S/C8H13BrN4O2/c1-15-3-2-11-7(14)5-13-4-6(9)8(10)12-13/h4H,2-3,5H2,1H3,(H2,10,12)(H,11,14). The van der Waals surface area contributed by atoms with Gasteiger partial charge in [-0.2, -0.15) is 5.10 Å². The van der Waals surface area contributed by atoms with Crippen molar-refractivity contribution in [3.8, 4) is 0 Å². The summed E-state index contributed by atoms with van der Waals surface area (Å²) in [5.41, 5.74) is 5.51. The molecule has 0 aliphatic carbocycles. The molecule has 7 heteroatoms. The van der Waals surface area contributed by atoms with Crippen LogP contribution in [0.15, 0.2) is 10.7 Å². The zero-order chi connectivity index (χ0) is 11.3. The van der Waals surface area contributed by atoms with Crippen LogP contribution in [0.1, 0.15) is 0 Å². The van der Waals surface area contributed by atoms with Crippen molar-refractivity contribution in [3.63, 3.8) is 0 Å². The highest BCUT2D eigenvalue weighted by Crippen LogP contribution is 2.15. The Morgan fingerprint density at radius 1 is 1.80 bits per heavy atom. The first-order valence-corrected chi connectivity index (χ1v) is 5.17. The summed E-state index contributed by atoms with van der Waals surface area (Å²) in [7, 11) is 1.58. The predicted octanol–water partition coefficient (Wildman–Crippen LogP) is -0.00960. The van der Waals surface area contributed by atoms with Gasteiger partial charge in [0.25, 0.3) is 0 Å². The van der Waals surface area contributed by atoms with Crippen LogP contribution < -0.4 is 11.1 Å². The number of carbonyl (C=O) groups excluding carboxylic acids is 1. The van der Waals surface area contributed by atoms with E-state index in [9.17, 15) is 4.79 Å². The van der Waals surface area contributed by atoms with E-state index >= 15 is 0 Å². The van der Waals surface area contributed by atoms with Gasteiger partial charge in [0.15, 0.2) is 5.82 Å². The van der Waals surface area contributed by atoms with Gasteiger partial charge in [0.05, 0.1) is 11.1 Å². The number of nitrogen functional groups attached to an aromatic ring is 1. The second-order valence-corrected chi connectivity index (χ2v) is 3.76. The number of nitrogens with one attached hydrogen (secondary N) is 1. The Kier molecular flexibility index (Phi) is 4.57. The van der Waals surface area contributed by atoms with Crippen molar-refractivity contribution < 1.29 is 9.53 Å². The lowest BCUT2D eigenvalue weighted by Crippen LogP contribution is -2.30.